The molecule has 0 radical (unpaired) electrons. The number of pyridine rings is 1. The van der Waals surface area contributed by atoms with Gasteiger partial charge in [-0.3, -0.25) is 0 Å². The predicted molar refractivity (Wildman–Crippen MR) is 62.3 cm³/mol. The summed E-state index contributed by atoms with van der Waals surface area (Å²) in [6, 6.07) is 1.76. The zero-order valence-electron chi connectivity index (χ0n) is 9.75. The molecule has 1 aromatic rings. The summed E-state index contributed by atoms with van der Waals surface area (Å²) in [6.45, 7) is 4.00. The lowest BCUT2D eigenvalue weighted by molar-refractivity contribution is 0.0687. The summed E-state index contributed by atoms with van der Waals surface area (Å²) in [7, 11) is -0.884. The van der Waals surface area contributed by atoms with Crippen LogP contribution in [-0.2, 0) is 0 Å². The van der Waals surface area contributed by atoms with E-state index in [4.69, 9.17) is 9.76 Å². The largest absolute Gasteiger partial charge is 0.534 e. The van der Waals surface area contributed by atoms with Gasteiger partial charge in [-0.2, -0.15) is 0 Å². The zero-order valence-corrected chi connectivity index (χ0v) is 9.75. The molecule has 5 nitrogen and oxygen atoms in total. The van der Waals surface area contributed by atoms with Crippen molar-refractivity contribution in [2.75, 3.05) is 0 Å². The number of carbonyl (C=O) groups is 1. The van der Waals surface area contributed by atoms with E-state index in [0.717, 1.165) is 12.0 Å². The van der Waals surface area contributed by atoms with Gasteiger partial charge < -0.3 is 14.8 Å². The van der Waals surface area contributed by atoms with Gasteiger partial charge in [-0.1, -0.05) is 13.8 Å². The molecule has 0 spiro atoms. The lowest BCUT2D eigenvalue weighted by Crippen LogP contribution is -2.27. The number of aromatic nitrogens is 1. The quantitative estimate of drug-likeness (QED) is 0.721. The highest BCUT2D eigenvalue weighted by Gasteiger charge is 2.54. The number of carboxylic acid groups (broad SMARTS) is 1. The van der Waals surface area contributed by atoms with Crippen molar-refractivity contribution in [1.29, 1.82) is 0 Å². The third kappa shape index (κ3) is 1.89. The van der Waals surface area contributed by atoms with E-state index in [1.165, 1.54) is 6.20 Å². The molecule has 3 rings (SSSR count). The van der Waals surface area contributed by atoms with Crippen LogP contribution in [0.25, 0.3) is 0 Å². The van der Waals surface area contributed by atoms with Crippen LogP contribution in [0.2, 0.25) is 5.82 Å². The van der Waals surface area contributed by atoms with Gasteiger partial charge in [0.05, 0.1) is 0 Å². The van der Waals surface area contributed by atoms with Gasteiger partial charge >= 0.3 is 13.1 Å². The molecule has 0 amide bonds. The minimum absolute atomic E-state index is 0.114. The lowest BCUT2D eigenvalue weighted by Gasteiger charge is -2.19. The third-order valence-corrected chi connectivity index (χ3v) is 2.98. The lowest BCUT2D eigenvalue weighted by atomic mass is 9.77. The molecule has 2 N–H and O–H groups in total. The second-order valence-corrected chi connectivity index (χ2v) is 3.90. The van der Waals surface area contributed by atoms with Crippen molar-refractivity contribution in [2.45, 2.75) is 32.0 Å². The van der Waals surface area contributed by atoms with Crippen LogP contribution >= 0.6 is 0 Å². The van der Waals surface area contributed by atoms with Crippen molar-refractivity contribution < 1.29 is 19.6 Å². The third-order valence-electron chi connectivity index (χ3n) is 2.98. The van der Waals surface area contributed by atoms with Gasteiger partial charge in [0.2, 0.25) is 0 Å². The summed E-state index contributed by atoms with van der Waals surface area (Å²) in [5.41, 5.74) is 0.745. The maximum atomic E-state index is 10.9. The summed E-state index contributed by atoms with van der Waals surface area (Å²) in [5.74, 6) is -0.527. The Morgan fingerprint density at radius 1 is 1.59 bits per heavy atom. The van der Waals surface area contributed by atoms with Gasteiger partial charge in [0.25, 0.3) is 0 Å². The van der Waals surface area contributed by atoms with E-state index in [-0.39, 0.29) is 23.2 Å². The molecule has 0 saturated heterocycles. The van der Waals surface area contributed by atoms with Crippen LogP contribution in [-0.4, -0.2) is 28.2 Å². The first kappa shape index (κ1) is 11.9. The molecule has 1 saturated carbocycles. The first-order valence-corrected chi connectivity index (χ1v) is 5.75. The molecule has 2 atom stereocenters. The molecular weight excluding hydrogens is 221 g/mol. The molecule has 6 heteroatoms. The van der Waals surface area contributed by atoms with E-state index in [9.17, 15) is 9.82 Å². The first-order valence-electron chi connectivity index (χ1n) is 5.75. The minimum atomic E-state index is -1.13. The fraction of sp³-hybridized carbons (Fsp3) is 0.455. The fourth-order valence-electron chi connectivity index (χ4n) is 2.13. The summed E-state index contributed by atoms with van der Waals surface area (Å²) in [6.07, 6.45) is 2.33. The molecule has 2 heterocycles. The zero-order chi connectivity index (χ0) is 12.6. The van der Waals surface area contributed by atoms with Crippen LogP contribution in [0, 0.1) is 0 Å². The van der Waals surface area contributed by atoms with Crippen LogP contribution in [0.1, 0.15) is 42.2 Å². The molecule has 2 aliphatic rings. The van der Waals surface area contributed by atoms with Crippen molar-refractivity contribution in [3.8, 4) is 5.75 Å². The summed E-state index contributed by atoms with van der Waals surface area (Å²) >= 11 is 0. The van der Waals surface area contributed by atoms with E-state index in [0.29, 0.717) is 0 Å². The number of hydrogen-bond acceptors (Lipinski definition) is 4. The Hall–Kier alpha value is -1.56. The number of nitrogens with zero attached hydrogens (tertiary/aromatic N) is 1. The molecule has 2 unspecified atom stereocenters. The van der Waals surface area contributed by atoms with Gasteiger partial charge in [-0.15, -0.1) is 0 Å². The summed E-state index contributed by atoms with van der Waals surface area (Å²) in [5, 5.41) is 18.4. The molecule has 17 heavy (non-hydrogen) atoms. The SMILES string of the molecule is CC.O=C(O)c1nccc2c1OB(O)C1CC21. The Labute approximate surface area is 99.6 Å². The minimum Gasteiger partial charge on any atom is -0.534 e. The van der Waals surface area contributed by atoms with Crippen molar-refractivity contribution in [1.82, 2.24) is 4.98 Å². The Morgan fingerprint density at radius 2 is 2.29 bits per heavy atom. The van der Waals surface area contributed by atoms with Gasteiger partial charge in [0.1, 0.15) is 5.75 Å². The Bertz CT molecular complexity index is 451. The molecule has 1 aromatic heterocycles. The molecule has 0 bridgehead atoms. The molecule has 1 aliphatic carbocycles. The van der Waals surface area contributed by atoms with Crippen molar-refractivity contribution in [3.63, 3.8) is 0 Å². The molecule has 1 aliphatic heterocycles. The number of hydrogen-bond donors (Lipinski definition) is 2. The number of aromatic carboxylic acids is 1. The van der Waals surface area contributed by atoms with E-state index >= 15 is 0 Å². The normalized spacial score (nSPS) is 23.6. The van der Waals surface area contributed by atoms with Crippen LogP contribution < -0.4 is 4.65 Å². The average molecular weight is 235 g/mol. The van der Waals surface area contributed by atoms with Gasteiger partial charge in [-0.05, 0) is 24.0 Å². The van der Waals surface area contributed by atoms with Crippen LogP contribution in [0.15, 0.2) is 12.3 Å². The van der Waals surface area contributed by atoms with E-state index in [2.05, 4.69) is 4.98 Å². The Morgan fingerprint density at radius 3 is 2.94 bits per heavy atom. The van der Waals surface area contributed by atoms with Crippen molar-refractivity contribution >= 4 is 13.1 Å². The molecule has 90 valence electrons. The fourth-order valence-corrected chi connectivity index (χ4v) is 2.13. The highest BCUT2D eigenvalue weighted by molar-refractivity contribution is 6.48. The van der Waals surface area contributed by atoms with Crippen LogP contribution in [0.4, 0.5) is 0 Å². The van der Waals surface area contributed by atoms with Crippen LogP contribution in [0.3, 0.4) is 0 Å². The first-order chi connectivity index (χ1) is 8.18. The van der Waals surface area contributed by atoms with E-state index < -0.39 is 13.1 Å². The maximum Gasteiger partial charge on any atom is 0.526 e. The van der Waals surface area contributed by atoms with Crippen molar-refractivity contribution in [2.24, 2.45) is 0 Å². The molecule has 1 fully saturated rings. The van der Waals surface area contributed by atoms with Gasteiger partial charge in [0.15, 0.2) is 5.69 Å². The average Bonchev–Trinajstić information content (AvgIpc) is 3.12. The Kier molecular flexibility index (Phi) is 3.06. The van der Waals surface area contributed by atoms with Gasteiger partial charge in [-0.25, -0.2) is 9.78 Å². The second-order valence-electron chi connectivity index (χ2n) is 3.90. The molecular formula is C11H14BNO4. The number of carboxylic acids is 1. The highest BCUT2D eigenvalue weighted by atomic mass is 16.5. The number of fused-ring (bicyclic) bond motifs is 3. The smallest absolute Gasteiger partial charge is 0.526 e. The summed E-state index contributed by atoms with van der Waals surface area (Å²) in [4.78, 5) is 14.6. The summed E-state index contributed by atoms with van der Waals surface area (Å²) < 4.78 is 5.19. The Balaban J connectivity index is 0.000000514. The van der Waals surface area contributed by atoms with Gasteiger partial charge in [0, 0.05) is 12.0 Å². The van der Waals surface area contributed by atoms with Crippen LogP contribution in [0.5, 0.6) is 5.75 Å². The number of rotatable bonds is 1. The highest BCUT2D eigenvalue weighted by Crippen LogP contribution is 2.59. The monoisotopic (exact) mass is 235 g/mol. The van der Waals surface area contributed by atoms with E-state index in [1.807, 2.05) is 13.8 Å². The van der Waals surface area contributed by atoms with E-state index in [1.54, 1.807) is 6.07 Å². The molecule has 0 aromatic carbocycles. The standard InChI is InChI=1S/C9H8BNO4.C2H6/c12-9(13)7-8-4(1-2-11-7)5-3-6(5)10(14)15-8;1-2/h1-2,5-6,14H,3H2,(H,12,13);1-2H3. The second kappa shape index (κ2) is 4.37. The maximum absolute atomic E-state index is 10.9. The van der Waals surface area contributed by atoms with Crippen molar-refractivity contribution in [3.05, 3.63) is 23.5 Å². The predicted octanol–water partition coefficient (Wildman–Crippen LogP) is 1.54. The topological polar surface area (TPSA) is 79.7 Å².